The van der Waals surface area contributed by atoms with E-state index >= 15 is 0 Å². The SMILES string of the molecule is Cc1ccc(-c2ccc(C(=O)O)cc2O)cn1. The highest BCUT2D eigenvalue weighted by atomic mass is 16.4. The molecular formula is C13H11NO3. The predicted molar refractivity (Wildman–Crippen MR) is 63.0 cm³/mol. The van der Waals surface area contributed by atoms with Gasteiger partial charge in [-0.25, -0.2) is 4.79 Å². The molecule has 86 valence electrons. The zero-order chi connectivity index (χ0) is 12.4. The molecule has 0 unspecified atom stereocenters. The van der Waals surface area contributed by atoms with E-state index in [0.29, 0.717) is 5.56 Å². The third-order valence-electron chi connectivity index (χ3n) is 2.47. The summed E-state index contributed by atoms with van der Waals surface area (Å²) in [5.41, 5.74) is 2.27. The molecule has 0 spiro atoms. The molecule has 0 saturated heterocycles. The number of aryl methyl sites for hydroxylation is 1. The zero-order valence-electron chi connectivity index (χ0n) is 9.21. The van der Waals surface area contributed by atoms with Gasteiger partial charge >= 0.3 is 5.97 Å². The lowest BCUT2D eigenvalue weighted by Crippen LogP contribution is -1.95. The number of aromatic hydroxyl groups is 1. The minimum atomic E-state index is -1.06. The number of nitrogens with zero attached hydrogens (tertiary/aromatic N) is 1. The highest BCUT2D eigenvalue weighted by molar-refractivity contribution is 5.89. The maximum atomic E-state index is 10.7. The summed E-state index contributed by atoms with van der Waals surface area (Å²) >= 11 is 0. The van der Waals surface area contributed by atoms with Crippen molar-refractivity contribution in [2.75, 3.05) is 0 Å². The van der Waals surface area contributed by atoms with Crippen LogP contribution in [0.15, 0.2) is 36.5 Å². The van der Waals surface area contributed by atoms with Crippen molar-refractivity contribution in [1.29, 1.82) is 0 Å². The van der Waals surface area contributed by atoms with Gasteiger partial charge in [0.1, 0.15) is 5.75 Å². The number of hydrogen-bond acceptors (Lipinski definition) is 3. The average molecular weight is 229 g/mol. The number of carboxylic acid groups (broad SMARTS) is 1. The summed E-state index contributed by atoms with van der Waals surface area (Å²) in [7, 11) is 0. The Morgan fingerprint density at radius 2 is 2.00 bits per heavy atom. The van der Waals surface area contributed by atoms with Crippen LogP contribution in [0.2, 0.25) is 0 Å². The second kappa shape index (κ2) is 4.25. The molecule has 0 aliphatic rings. The van der Waals surface area contributed by atoms with Crippen LogP contribution in [-0.4, -0.2) is 21.2 Å². The van der Waals surface area contributed by atoms with Crippen molar-refractivity contribution in [3.8, 4) is 16.9 Å². The van der Waals surface area contributed by atoms with Gasteiger partial charge in [-0.3, -0.25) is 4.98 Å². The third kappa shape index (κ3) is 2.25. The molecule has 4 heteroatoms. The first-order chi connectivity index (χ1) is 8.08. The largest absolute Gasteiger partial charge is 0.507 e. The van der Waals surface area contributed by atoms with Crippen molar-refractivity contribution in [1.82, 2.24) is 4.98 Å². The van der Waals surface area contributed by atoms with Gasteiger partial charge in [-0.05, 0) is 31.2 Å². The number of aromatic carboxylic acids is 1. The molecule has 0 aliphatic heterocycles. The number of pyridine rings is 1. The minimum absolute atomic E-state index is 0.0597. The Morgan fingerprint density at radius 1 is 1.24 bits per heavy atom. The normalized spacial score (nSPS) is 10.2. The Hall–Kier alpha value is -2.36. The van der Waals surface area contributed by atoms with E-state index in [4.69, 9.17) is 5.11 Å². The van der Waals surface area contributed by atoms with E-state index in [9.17, 15) is 9.90 Å². The Labute approximate surface area is 98.2 Å². The Morgan fingerprint density at radius 3 is 2.53 bits per heavy atom. The van der Waals surface area contributed by atoms with Crippen LogP contribution in [0.4, 0.5) is 0 Å². The quantitative estimate of drug-likeness (QED) is 0.829. The Kier molecular flexibility index (Phi) is 2.78. The number of carbonyl (C=O) groups is 1. The van der Waals surface area contributed by atoms with Crippen LogP contribution < -0.4 is 0 Å². The van der Waals surface area contributed by atoms with Crippen molar-refractivity contribution in [2.24, 2.45) is 0 Å². The first kappa shape index (κ1) is 11.1. The van der Waals surface area contributed by atoms with Crippen molar-refractivity contribution >= 4 is 5.97 Å². The molecule has 0 atom stereocenters. The van der Waals surface area contributed by atoms with Gasteiger partial charge in [-0.2, -0.15) is 0 Å². The molecule has 0 saturated carbocycles. The molecule has 0 fully saturated rings. The van der Waals surface area contributed by atoms with Gasteiger partial charge in [0.15, 0.2) is 0 Å². The number of aromatic nitrogens is 1. The summed E-state index contributed by atoms with van der Waals surface area (Å²) in [4.78, 5) is 14.8. The van der Waals surface area contributed by atoms with E-state index in [1.54, 1.807) is 12.3 Å². The van der Waals surface area contributed by atoms with Crippen LogP contribution >= 0.6 is 0 Å². The molecule has 2 rings (SSSR count). The topological polar surface area (TPSA) is 70.4 Å². The fourth-order valence-electron chi connectivity index (χ4n) is 1.54. The molecule has 1 aromatic carbocycles. The van der Waals surface area contributed by atoms with Crippen LogP contribution in [0.25, 0.3) is 11.1 Å². The van der Waals surface area contributed by atoms with Crippen LogP contribution in [-0.2, 0) is 0 Å². The number of rotatable bonds is 2. The lowest BCUT2D eigenvalue weighted by molar-refractivity contribution is 0.0696. The van der Waals surface area contributed by atoms with Gasteiger partial charge in [0, 0.05) is 23.0 Å². The van der Waals surface area contributed by atoms with E-state index in [2.05, 4.69) is 4.98 Å². The summed E-state index contributed by atoms with van der Waals surface area (Å²) in [5, 5.41) is 18.6. The number of phenolic OH excluding ortho intramolecular Hbond substituents is 1. The van der Waals surface area contributed by atoms with Gasteiger partial charge in [0.2, 0.25) is 0 Å². The van der Waals surface area contributed by atoms with Gasteiger partial charge in [-0.1, -0.05) is 6.07 Å². The summed E-state index contributed by atoms with van der Waals surface area (Å²) in [6.07, 6.45) is 1.64. The van der Waals surface area contributed by atoms with Gasteiger partial charge in [0.05, 0.1) is 5.56 Å². The number of benzene rings is 1. The smallest absolute Gasteiger partial charge is 0.335 e. The molecular weight excluding hydrogens is 218 g/mol. The monoisotopic (exact) mass is 229 g/mol. The van der Waals surface area contributed by atoms with Crippen molar-refractivity contribution in [3.05, 3.63) is 47.8 Å². The molecule has 0 radical (unpaired) electrons. The van der Waals surface area contributed by atoms with E-state index in [1.165, 1.54) is 12.1 Å². The summed E-state index contributed by atoms with van der Waals surface area (Å²) in [6, 6.07) is 7.93. The van der Waals surface area contributed by atoms with Crippen LogP contribution in [0, 0.1) is 6.92 Å². The zero-order valence-corrected chi connectivity index (χ0v) is 9.21. The molecule has 0 aliphatic carbocycles. The maximum absolute atomic E-state index is 10.7. The van der Waals surface area contributed by atoms with E-state index < -0.39 is 5.97 Å². The molecule has 17 heavy (non-hydrogen) atoms. The molecule has 2 aromatic rings. The Bertz CT molecular complexity index is 561. The first-order valence-electron chi connectivity index (χ1n) is 5.07. The van der Waals surface area contributed by atoms with E-state index in [0.717, 1.165) is 11.3 Å². The highest BCUT2D eigenvalue weighted by Gasteiger charge is 2.09. The Balaban J connectivity index is 2.46. The van der Waals surface area contributed by atoms with Crippen LogP contribution in [0.1, 0.15) is 16.1 Å². The molecule has 0 bridgehead atoms. The maximum Gasteiger partial charge on any atom is 0.335 e. The minimum Gasteiger partial charge on any atom is -0.507 e. The second-order valence-electron chi connectivity index (χ2n) is 3.73. The van der Waals surface area contributed by atoms with Crippen molar-refractivity contribution in [3.63, 3.8) is 0 Å². The van der Waals surface area contributed by atoms with Crippen molar-refractivity contribution < 1.29 is 15.0 Å². The fraction of sp³-hybridized carbons (Fsp3) is 0.0769. The second-order valence-corrected chi connectivity index (χ2v) is 3.73. The molecule has 0 amide bonds. The molecule has 4 nitrogen and oxygen atoms in total. The third-order valence-corrected chi connectivity index (χ3v) is 2.47. The summed E-state index contributed by atoms with van der Waals surface area (Å²) in [6.45, 7) is 1.87. The van der Waals surface area contributed by atoms with Crippen LogP contribution in [0.5, 0.6) is 5.75 Å². The number of phenols is 1. The number of hydrogen-bond donors (Lipinski definition) is 2. The molecule has 1 aromatic heterocycles. The average Bonchev–Trinajstić information content (AvgIpc) is 2.30. The van der Waals surface area contributed by atoms with Gasteiger partial charge in [0.25, 0.3) is 0 Å². The highest BCUT2D eigenvalue weighted by Crippen LogP contribution is 2.29. The standard InChI is InChI=1S/C13H11NO3/c1-8-2-3-10(7-14-8)11-5-4-9(13(16)17)6-12(11)15/h2-7,15H,1H3,(H,16,17). The summed E-state index contributed by atoms with van der Waals surface area (Å²) < 4.78 is 0. The predicted octanol–water partition coefficient (Wildman–Crippen LogP) is 2.46. The van der Waals surface area contributed by atoms with Gasteiger partial charge < -0.3 is 10.2 Å². The van der Waals surface area contributed by atoms with E-state index in [-0.39, 0.29) is 11.3 Å². The van der Waals surface area contributed by atoms with Crippen LogP contribution in [0.3, 0.4) is 0 Å². The lowest BCUT2D eigenvalue weighted by Gasteiger charge is -2.05. The van der Waals surface area contributed by atoms with Crippen molar-refractivity contribution in [2.45, 2.75) is 6.92 Å². The molecule has 2 N–H and O–H groups in total. The number of carboxylic acids is 1. The lowest BCUT2D eigenvalue weighted by atomic mass is 10.0. The first-order valence-corrected chi connectivity index (χ1v) is 5.07. The van der Waals surface area contributed by atoms with Gasteiger partial charge in [-0.15, -0.1) is 0 Å². The summed E-state index contributed by atoms with van der Waals surface area (Å²) in [5.74, 6) is -1.12. The fourth-order valence-corrected chi connectivity index (χ4v) is 1.54. The van der Waals surface area contributed by atoms with E-state index in [1.807, 2.05) is 19.1 Å². The molecule has 1 heterocycles.